The van der Waals surface area contributed by atoms with Crippen LogP contribution in [-0.4, -0.2) is 17.7 Å². The third-order valence-electron chi connectivity index (χ3n) is 3.64. The molecule has 0 aliphatic heterocycles. The van der Waals surface area contributed by atoms with Crippen LogP contribution >= 0.6 is 0 Å². The first-order valence-corrected chi connectivity index (χ1v) is 7.54. The number of fused-ring (bicyclic) bond motifs is 1. The highest BCUT2D eigenvalue weighted by Crippen LogP contribution is 2.22. The second-order valence-corrected chi connectivity index (χ2v) is 5.39. The number of nitrogens with two attached hydrogens (primary N) is 1. The van der Waals surface area contributed by atoms with Gasteiger partial charge in [0.15, 0.2) is 0 Å². The fourth-order valence-electron chi connectivity index (χ4n) is 2.38. The van der Waals surface area contributed by atoms with E-state index in [0.717, 1.165) is 10.8 Å². The van der Waals surface area contributed by atoms with Crippen molar-refractivity contribution >= 4 is 39.9 Å². The largest absolute Gasteiger partial charge is 0.399 e. The Hall–Kier alpha value is -3.67. The number of imide groups is 1. The van der Waals surface area contributed by atoms with Crippen molar-refractivity contribution in [2.75, 3.05) is 11.1 Å². The number of benzene rings is 3. The van der Waals surface area contributed by atoms with E-state index in [1.807, 2.05) is 30.3 Å². The normalized spacial score (nSPS) is 10.2. The average Bonchev–Trinajstić information content (AvgIpc) is 2.62. The van der Waals surface area contributed by atoms with Crippen LogP contribution in [0.1, 0.15) is 10.4 Å². The van der Waals surface area contributed by atoms with E-state index in [2.05, 4.69) is 10.6 Å². The number of carbonyl (C=O) groups is 3. The number of rotatable bonds is 2. The predicted octanol–water partition coefficient (Wildman–Crippen LogP) is 2.32. The number of nitrogens with one attached hydrogen (secondary N) is 2. The van der Waals surface area contributed by atoms with E-state index in [1.165, 1.54) is 24.3 Å². The fraction of sp³-hybridized carbons (Fsp3) is 0. The molecule has 3 aromatic rings. The zero-order chi connectivity index (χ0) is 17.8. The van der Waals surface area contributed by atoms with Crippen molar-refractivity contribution in [2.24, 2.45) is 0 Å². The van der Waals surface area contributed by atoms with Gasteiger partial charge in [0.05, 0.1) is 0 Å². The molecule has 4 N–H and O–H groups in total. The van der Waals surface area contributed by atoms with E-state index in [4.69, 9.17) is 5.73 Å². The van der Waals surface area contributed by atoms with E-state index in [9.17, 15) is 14.4 Å². The number of carbonyl (C=O) groups excluding carboxylic acids is 3. The second-order valence-electron chi connectivity index (χ2n) is 5.39. The molecule has 0 saturated carbocycles. The number of hydrogen-bond acceptors (Lipinski definition) is 4. The molecular formula is C19H15N3O3. The number of hydrogen-bond donors (Lipinski definition) is 3. The van der Waals surface area contributed by atoms with Crippen molar-refractivity contribution in [1.29, 1.82) is 0 Å². The van der Waals surface area contributed by atoms with E-state index >= 15 is 0 Å². The molecule has 6 heteroatoms. The lowest BCUT2D eigenvalue weighted by Gasteiger charge is -2.09. The van der Waals surface area contributed by atoms with Crippen LogP contribution in [0.2, 0.25) is 0 Å². The fourth-order valence-corrected chi connectivity index (χ4v) is 2.38. The lowest BCUT2D eigenvalue weighted by atomic mass is 10.1. The Balaban J connectivity index is 1.71. The summed E-state index contributed by atoms with van der Waals surface area (Å²) < 4.78 is 0. The molecule has 0 saturated heterocycles. The molecule has 0 unspecified atom stereocenters. The standard InChI is InChI=1S/C19H15N3O3/c20-14-10-8-13(9-11-14)17(23)22-19(25)18(24)21-16-7-3-5-12-4-1-2-6-15(12)16/h1-11H,20H2,(H,21,24)(H,22,23,25). The lowest BCUT2D eigenvalue weighted by Crippen LogP contribution is -2.39. The molecule has 124 valence electrons. The Morgan fingerprint density at radius 3 is 2.20 bits per heavy atom. The number of nitrogen functional groups attached to an aromatic ring is 1. The van der Waals surface area contributed by atoms with Gasteiger partial charge >= 0.3 is 11.8 Å². The summed E-state index contributed by atoms with van der Waals surface area (Å²) in [4.78, 5) is 36.0. The molecule has 0 fully saturated rings. The van der Waals surface area contributed by atoms with Gasteiger partial charge in [-0.1, -0.05) is 36.4 Å². The van der Waals surface area contributed by atoms with Crippen LogP contribution in [0.4, 0.5) is 11.4 Å². The molecule has 0 atom stereocenters. The SMILES string of the molecule is Nc1ccc(C(=O)NC(=O)C(=O)Nc2cccc3ccccc23)cc1. The molecule has 25 heavy (non-hydrogen) atoms. The zero-order valence-electron chi connectivity index (χ0n) is 13.2. The maximum absolute atomic E-state index is 12.1. The van der Waals surface area contributed by atoms with Gasteiger partial charge in [0, 0.05) is 22.3 Å². The Labute approximate surface area is 143 Å². The van der Waals surface area contributed by atoms with Crippen molar-refractivity contribution in [3.8, 4) is 0 Å². The van der Waals surface area contributed by atoms with Gasteiger partial charge in [-0.05, 0) is 35.7 Å². The summed E-state index contributed by atoms with van der Waals surface area (Å²) in [5.41, 5.74) is 6.78. The predicted molar refractivity (Wildman–Crippen MR) is 95.9 cm³/mol. The van der Waals surface area contributed by atoms with Crippen LogP contribution in [0.5, 0.6) is 0 Å². The van der Waals surface area contributed by atoms with Gasteiger partial charge in [-0.25, -0.2) is 0 Å². The minimum atomic E-state index is -1.03. The van der Waals surface area contributed by atoms with Crippen molar-refractivity contribution < 1.29 is 14.4 Å². The van der Waals surface area contributed by atoms with Crippen molar-refractivity contribution in [3.63, 3.8) is 0 Å². The molecule has 3 amide bonds. The van der Waals surface area contributed by atoms with Crippen LogP contribution in [0.3, 0.4) is 0 Å². The molecular weight excluding hydrogens is 318 g/mol. The summed E-state index contributed by atoms with van der Waals surface area (Å²) >= 11 is 0. The Kier molecular flexibility index (Phi) is 4.43. The molecule has 6 nitrogen and oxygen atoms in total. The second kappa shape index (κ2) is 6.84. The number of anilines is 2. The van der Waals surface area contributed by atoms with E-state index < -0.39 is 17.7 Å². The van der Waals surface area contributed by atoms with Crippen LogP contribution in [0.25, 0.3) is 10.8 Å². The van der Waals surface area contributed by atoms with Crippen molar-refractivity contribution in [3.05, 3.63) is 72.3 Å². The van der Waals surface area contributed by atoms with Gasteiger partial charge < -0.3 is 11.1 Å². The third-order valence-corrected chi connectivity index (χ3v) is 3.64. The quantitative estimate of drug-likeness (QED) is 0.495. The van der Waals surface area contributed by atoms with Crippen LogP contribution < -0.4 is 16.4 Å². The summed E-state index contributed by atoms with van der Waals surface area (Å²) in [7, 11) is 0. The molecule has 3 rings (SSSR count). The van der Waals surface area contributed by atoms with Gasteiger partial charge in [-0.15, -0.1) is 0 Å². The minimum absolute atomic E-state index is 0.237. The molecule has 0 aliphatic carbocycles. The summed E-state index contributed by atoms with van der Waals surface area (Å²) in [5.74, 6) is -2.62. The monoisotopic (exact) mass is 333 g/mol. The third kappa shape index (κ3) is 3.64. The topological polar surface area (TPSA) is 101 Å². The van der Waals surface area contributed by atoms with E-state index in [1.54, 1.807) is 12.1 Å². The Morgan fingerprint density at radius 2 is 1.44 bits per heavy atom. The molecule has 0 aromatic heterocycles. The lowest BCUT2D eigenvalue weighted by molar-refractivity contribution is -0.135. The molecule has 0 aliphatic rings. The minimum Gasteiger partial charge on any atom is -0.399 e. The Morgan fingerprint density at radius 1 is 0.760 bits per heavy atom. The highest BCUT2D eigenvalue weighted by Gasteiger charge is 2.18. The average molecular weight is 333 g/mol. The first-order valence-electron chi connectivity index (χ1n) is 7.54. The molecule has 0 bridgehead atoms. The first-order chi connectivity index (χ1) is 12.0. The van der Waals surface area contributed by atoms with Gasteiger partial charge in [0.1, 0.15) is 0 Å². The first kappa shape index (κ1) is 16.2. The molecule has 0 radical (unpaired) electrons. The number of amides is 3. The maximum atomic E-state index is 12.1. The van der Waals surface area contributed by atoms with Crippen LogP contribution in [0.15, 0.2) is 66.7 Å². The smallest absolute Gasteiger partial charge is 0.316 e. The van der Waals surface area contributed by atoms with E-state index in [-0.39, 0.29) is 5.56 Å². The van der Waals surface area contributed by atoms with Gasteiger partial charge in [0.25, 0.3) is 5.91 Å². The van der Waals surface area contributed by atoms with Crippen molar-refractivity contribution in [1.82, 2.24) is 5.32 Å². The summed E-state index contributed by atoms with van der Waals surface area (Å²) in [6.45, 7) is 0. The summed E-state index contributed by atoms with van der Waals surface area (Å²) in [6, 6.07) is 18.8. The van der Waals surface area contributed by atoms with Crippen LogP contribution in [-0.2, 0) is 9.59 Å². The summed E-state index contributed by atoms with van der Waals surface area (Å²) in [5, 5.41) is 6.31. The highest BCUT2D eigenvalue weighted by atomic mass is 16.2. The van der Waals surface area contributed by atoms with Gasteiger partial charge in [0.2, 0.25) is 0 Å². The summed E-state index contributed by atoms with van der Waals surface area (Å²) in [6.07, 6.45) is 0. The van der Waals surface area contributed by atoms with Gasteiger partial charge in [-0.2, -0.15) is 0 Å². The van der Waals surface area contributed by atoms with Crippen LogP contribution in [0, 0.1) is 0 Å². The molecule has 3 aromatic carbocycles. The van der Waals surface area contributed by atoms with E-state index in [0.29, 0.717) is 11.4 Å². The maximum Gasteiger partial charge on any atom is 0.316 e. The molecule has 0 heterocycles. The molecule has 0 spiro atoms. The zero-order valence-corrected chi connectivity index (χ0v) is 13.2. The van der Waals surface area contributed by atoms with Gasteiger partial charge in [-0.3, -0.25) is 19.7 Å². The van der Waals surface area contributed by atoms with Crippen molar-refractivity contribution in [2.45, 2.75) is 0 Å². The Bertz CT molecular complexity index is 960. The highest BCUT2D eigenvalue weighted by molar-refractivity contribution is 6.43.